The van der Waals surface area contributed by atoms with Gasteiger partial charge in [0.25, 0.3) is 0 Å². The van der Waals surface area contributed by atoms with Crippen molar-refractivity contribution in [2.24, 2.45) is 0 Å². The summed E-state index contributed by atoms with van der Waals surface area (Å²) >= 11 is 0.958. The van der Waals surface area contributed by atoms with Gasteiger partial charge in [-0.1, -0.05) is 0 Å². The van der Waals surface area contributed by atoms with Crippen molar-refractivity contribution < 1.29 is 23.0 Å². The first-order valence-corrected chi connectivity index (χ1v) is 5.73. The number of hydrogen-bond donors (Lipinski definition) is 0. The third kappa shape index (κ3) is 3.59. The molecule has 0 fully saturated rings. The molecule has 0 saturated carbocycles. The lowest BCUT2D eigenvalue weighted by Gasteiger charge is -2.11. The van der Waals surface area contributed by atoms with E-state index >= 15 is 0 Å². The average molecular weight is 262 g/mol. The highest BCUT2D eigenvalue weighted by atomic mass is 32.2. The molecule has 0 saturated heterocycles. The fraction of sp³-hybridized carbons (Fsp3) is 0.364. The number of aldehydes is 1. The third-order valence-corrected chi connectivity index (χ3v) is 3.06. The van der Waals surface area contributed by atoms with E-state index in [1.165, 1.54) is 26.4 Å². The molecular formula is C11H12F2O3S. The molecule has 0 aliphatic carbocycles. The number of methoxy groups -OCH3 is 2. The molecule has 0 atom stereocenters. The maximum absolute atomic E-state index is 12.1. The highest BCUT2D eigenvalue weighted by molar-refractivity contribution is 7.99. The Morgan fingerprint density at radius 2 is 1.94 bits per heavy atom. The molecule has 1 aromatic rings. The van der Waals surface area contributed by atoms with E-state index in [4.69, 9.17) is 9.47 Å². The van der Waals surface area contributed by atoms with Gasteiger partial charge < -0.3 is 9.47 Å². The second-order valence-corrected chi connectivity index (χ2v) is 4.13. The fourth-order valence-electron chi connectivity index (χ4n) is 1.25. The Morgan fingerprint density at radius 3 is 2.41 bits per heavy atom. The number of rotatable bonds is 6. The summed E-state index contributed by atoms with van der Waals surface area (Å²) in [5.74, 6) is 0.399. The monoisotopic (exact) mass is 262 g/mol. The first-order chi connectivity index (χ1) is 8.12. The zero-order valence-electron chi connectivity index (χ0n) is 9.41. The summed E-state index contributed by atoms with van der Waals surface area (Å²) in [5.41, 5.74) is 0.325. The summed E-state index contributed by atoms with van der Waals surface area (Å²) in [6.45, 7) is 0. The molecule has 94 valence electrons. The lowest BCUT2D eigenvalue weighted by Crippen LogP contribution is -1.97. The standard InChI is InChI=1S/C11H12F2O3S/c1-15-8-4-10(17-6-11(12)13)9(16-2)3-7(8)5-14/h3-5,11H,6H2,1-2H3. The Hall–Kier alpha value is -1.30. The quantitative estimate of drug-likeness (QED) is 0.583. The molecule has 0 radical (unpaired) electrons. The van der Waals surface area contributed by atoms with Crippen LogP contribution in [0.1, 0.15) is 10.4 Å². The molecule has 0 aliphatic heterocycles. The van der Waals surface area contributed by atoms with E-state index in [-0.39, 0.29) is 5.75 Å². The molecule has 0 unspecified atom stereocenters. The summed E-state index contributed by atoms with van der Waals surface area (Å²) < 4.78 is 34.3. The van der Waals surface area contributed by atoms with Crippen LogP contribution in [0.25, 0.3) is 0 Å². The van der Waals surface area contributed by atoms with Crippen molar-refractivity contribution in [2.45, 2.75) is 11.3 Å². The summed E-state index contributed by atoms with van der Waals surface area (Å²) in [4.78, 5) is 11.3. The van der Waals surface area contributed by atoms with Gasteiger partial charge >= 0.3 is 0 Å². The smallest absolute Gasteiger partial charge is 0.247 e. The maximum atomic E-state index is 12.1. The largest absolute Gasteiger partial charge is 0.496 e. The average Bonchev–Trinajstić information content (AvgIpc) is 2.34. The van der Waals surface area contributed by atoms with Crippen molar-refractivity contribution in [1.82, 2.24) is 0 Å². The van der Waals surface area contributed by atoms with Crippen molar-refractivity contribution in [2.75, 3.05) is 20.0 Å². The molecule has 0 N–H and O–H groups in total. The Kier molecular flexibility index (Phi) is 5.21. The van der Waals surface area contributed by atoms with Gasteiger partial charge in [-0.25, -0.2) is 8.78 Å². The Labute approximate surface area is 102 Å². The van der Waals surface area contributed by atoms with Gasteiger partial charge in [0, 0.05) is 0 Å². The van der Waals surface area contributed by atoms with Crippen molar-refractivity contribution >= 4 is 18.0 Å². The number of alkyl halides is 2. The van der Waals surface area contributed by atoms with Crippen LogP contribution >= 0.6 is 11.8 Å². The normalized spacial score (nSPS) is 10.4. The summed E-state index contributed by atoms with van der Waals surface area (Å²) in [7, 11) is 2.83. The van der Waals surface area contributed by atoms with Crippen LogP contribution in [0, 0.1) is 0 Å². The highest BCUT2D eigenvalue weighted by Gasteiger charge is 2.13. The van der Waals surface area contributed by atoms with Gasteiger partial charge in [-0.3, -0.25) is 4.79 Å². The topological polar surface area (TPSA) is 35.5 Å². The summed E-state index contributed by atoms with van der Waals surface area (Å²) in [6, 6.07) is 3.00. The Balaban J connectivity index is 3.05. The first kappa shape index (κ1) is 13.8. The highest BCUT2D eigenvalue weighted by Crippen LogP contribution is 2.35. The van der Waals surface area contributed by atoms with Crippen molar-refractivity contribution in [3.63, 3.8) is 0 Å². The molecule has 0 amide bonds. The van der Waals surface area contributed by atoms with Gasteiger partial charge in [-0.15, -0.1) is 11.8 Å². The second kappa shape index (κ2) is 6.44. The van der Waals surface area contributed by atoms with Gasteiger partial charge in [-0.05, 0) is 12.1 Å². The van der Waals surface area contributed by atoms with Crippen LogP contribution in [-0.2, 0) is 0 Å². The zero-order chi connectivity index (χ0) is 12.8. The molecule has 0 bridgehead atoms. The molecule has 1 aromatic carbocycles. The van der Waals surface area contributed by atoms with E-state index in [0.717, 1.165) is 11.8 Å². The van der Waals surface area contributed by atoms with Crippen LogP contribution in [0.4, 0.5) is 8.78 Å². The van der Waals surface area contributed by atoms with Crippen LogP contribution in [0.3, 0.4) is 0 Å². The molecule has 0 heterocycles. The van der Waals surface area contributed by atoms with Gasteiger partial charge in [0.05, 0.1) is 30.4 Å². The molecule has 0 spiro atoms. The molecule has 6 heteroatoms. The molecule has 17 heavy (non-hydrogen) atoms. The SMILES string of the molecule is COc1cc(SCC(F)F)c(OC)cc1C=O. The van der Waals surface area contributed by atoms with E-state index in [9.17, 15) is 13.6 Å². The summed E-state index contributed by atoms with van der Waals surface area (Å²) in [6.07, 6.45) is -1.77. The minimum absolute atomic E-state index is 0.325. The molecule has 3 nitrogen and oxygen atoms in total. The minimum atomic E-state index is -2.40. The van der Waals surface area contributed by atoms with E-state index in [1.54, 1.807) is 0 Å². The number of ether oxygens (including phenoxy) is 2. The van der Waals surface area contributed by atoms with Crippen molar-refractivity contribution in [3.8, 4) is 11.5 Å². The van der Waals surface area contributed by atoms with Gasteiger partial charge in [-0.2, -0.15) is 0 Å². The predicted octanol–water partition coefficient (Wildman–Crippen LogP) is 2.87. The number of hydrogen-bond acceptors (Lipinski definition) is 4. The third-order valence-electron chi connectivity index (χ3n) is 2.01. The van der Waals surface area contributed by atoms with E-state index < -0.39 is 6.43 Å². The zero-order valence-corrected chi connectivity index (χ0v) is 10.2. The molecular weight excluding hydrogens is 250 g/mol. The predicted molar refractivity (Wildman–Crippen MR) is 61.7 cm³/mol. The van der Waals surface area contributed by atoms with E-state index in [1.807, 2.05) is 0 Å². The number of thioether (sulfide) groups is 1. The van der Waals surface area contributed by atoms with Crippen LogP contribution in [0.2, 0.25) is 0 Å². The lowest BCUT2D eigenvalue weighted by molar-refractivity contribution is 0.112. The van der Waals surface area contributed by atoms with Crippen LogP contribution in [-0.4, -0.2) is 32.7 Å². The Morgan fingerprint density at radius 1 is 1.29 bits per heavy atom. The van der Waals surface area contributed by atoms with Crippen molar-refractivity contribution in [3.05, 3.63) is 17.7 Å². The Bertz CT molecular complexity index is 397. The van der Waals surface area contributed by atoms with Crippen LogP contribution in [0.15, 0.2) is 17.0 Å². The number of carbonyl (C=O) groups excluding carboxylic acids is 1. The molecule has 0 aliphatic rings. The fourth-order valence-corrected chi connectivity index (χ4v) is 2.03. The van der Waals surface area contributed by atoms with Gasteiger partial charge in [0.2, 0.25) is 6.43 Å². The molecule has 0 aromatic heterocycles. The van der Waals surface area contributed by atoms with E-state index in [2.05, 4.69) is 0 Å². The van der Waals surface area contributed by atoms with Gasteiger partial charge in [0.15, 0.2) is 6.29 Å². The second-order valence-electron chi connectivity index (χ2n) is 3.06. The first-order valence-electron chi connectivity index (χ1n) is 4.74. The minimum Gasteiger partial charge on any atom is -0.496 e. The van der Waals surface area contributed by atoms with Crippen LogP contribution < -0.4 is 9.47 Å². The van der Waals surface area contributed by atoms with Crippen molar-refractivity contribution in [1.29, 1.82) is 0 Å². The summed E-state index contributed by atoms with van der Waals surface area (Å²) in [5, 5.41) is 0. The molecule has 1 rings (SSSR count). The lowest BCUT2D eigenvalue weighted by atomic mass is 10.2. The number of halogens is 2. The van der Waals surface area contributed by atoms with E-state index in [0.29, 0.717) is 28.2 Å². The van der Waals surface area contributed by atoms with Gasteiger partial charge in [0.1, 0.15) is 11.5 Å². The maximum Gasteiger partial charge on any atom is 0.247 e. The number of carbonyl (C=O) groups is 1. The van der Waals surface area contributed by atoms with Crippen LogP contribution in [0.5, 0.6) is 11.5 Å². The number of benzene rings is 1.